The Labute approximate surface area is 106 Å². The number of hydrogen-bond acceptors (Lipinski definition) is 3. The maximum absolute atomic E-state index is 12.1. The van der Waals surface area contributed by atoms with Gasteiger partial charge >= 0.3 is 5.69 Å². The third-order valence-corrected chi connectivity index (χ3v) is 3.53. The molecule has 1 aromatic heterocycles. The molecule has 0 fully saturated rings. The molecule has 1 rings (SSSR count). The van der Waals surface area contributed by atoms with Crippen LogP contribution in [0.25, 0.3) is 0 Å². The van der Waals surface area contributed by atoms with Gasteiger partial charge in [-0.05, 0) is 19.8 Å². The van der Waals surface area contributed by atoms with Crippen molar-refractivity contribution >= 4 is 5.78 Å². The van der Waals surface area contributed by atoms with Crippen LogP contribution in [0, 0.1) is 5.92 Å². The third-order valence-electron chi connectivity index (χ3n) is 3.53. The molecule has 0 saturated heterocycles. The van der Waals surface area contributed by atoms with Crippen LogP contribution in [0.1, 0.15) is 56.9 Å². The molecule has 1 N–H and O–H groups in total. The minimum absolute atomic E-state index is 0.0346. The van der Waals surface area contributed by atoms with Crippen molar-refractivity contribution in [3.63, 3.8) is 0 Å². The Balaban J connectivity index is 3.40. The van der Waals surface area contributed by atoms with Gasteiger partial charge in [-0.1, -0.05) is 26.7 Å². The Bertz CT molecular complexity index is 538. The molecule has 100 valence electrons. The normalized spacial score (nSPS) is 12.7. The second kappa shape index (κ2) is 5.80. The molecule has 0 aromatic carbocycles. The minimum Gasteiger partial charge on any atom is -0.313 e. The molecule has 5 nitrogen and oxygen atoms in total. The summed E-state index contributed by atoms with van der Waals surface area (Å²) in [5.41, 5.74) is -0.914. The zero-order valence-electron chi connectivity index (χ0n) is 11.3. The summed E-state index contributed by atoms with van der Waals surface area (Å²) in [7, 11) is 0. The number of aromatic amines is 1. The van der Waals surface area contributed by atoms with Gasteiger partial charge in [0.05, 0.1) is 5.56 Å². The maximum Gasteiger partial charge on any atom is 0.328 e. The number of nitrogens with one attached hydrogen (secondary N) is 1. The van der Waals surface area contributed by atoms with Gasteiger partial charge < -0.3 is 4.98 Å². The summed E-state index contributed by atoms with van der Waals surface area (Å²) in [6, 6.07) is -0.212. The van der Waals surface area contributed by atoms with Gasteiger partial charge in [0.15, 0.2) is 5.78 Å². The van der Waals surface area contributed by atoms with Crippen molar-refractivity contribution in [2.75, 3.05) is 0 Å². The lowest BCUT2D eigenvalue weighted by atomic mass is 9.95. The molecule has 0 saturated carbocycles. The van der Waals surface area contributed by atoms with Crippen LogP contribution in [-0.4, -0.2) is 15.3 Å². The van der Waals surface area contributed by atoms with Crippen molar-refractivity contribution in [1.29, 1.82) is 0 Å². The quantitative estimate of drug-likeness (QED) is 0.811. The number of hydrogen-bond donors (Lipinski definition) is 1. The van der Waals surface area contributed by atoms with E-state index < -0.39 is 11.2 Å². The molecule has 0 aliphatic rings. The SMILES string of the molecule is CCC(CC)C(C)n1c(=O)[nH]cc(C(C)=O)c1=O. The van der Waals surface area contributed by atoms with Crippen molar-refractivity contribution in [3.05, 3.63) is 32.6 Å². The fourth-order valence-electron chi connectivity index (χ4n) is 2.29. The number of Topliss-reactive ketones (excluding diaryl/α,β-unsaturated/α-hetero) is 1. The number of nitrogens with zero attached hydrogens (tertiary/aromatic N) is 1. The third kappa shape index (κ3) is 2.60. The standard InChI is InChI=1S/C13H20N2O3/c1-5-10(6-2)8(3)15-12(17)11(9(4)16)7-14-13(15)18/h7-8,10H,5-6H2,1-4H3,(H,14,18). The summed E-state index contributed by atoms with van der Waals surface area (Å²) in [4.78, 5) is 37.7. The van der Waals surface area contributed by atoms with Gasteiger partial charge in [-0.3, -0.25) is 14.2 Å². The predicted octanol–water partition coefficient (Wildman–Crippen LogP) is 1.74. The summed E-state index contributed by atoms with van der Waals surface area (Å²) in [6.45, 7) is 7.22. The van der Waals surface area contributed by atoms with E-state index in [1.54, 1.807) is 0 Å². The van der Waals surface area contributed by atoms with E-state index in [4.69, 9.17) is 0 Å². The van der Waals surface area contributed by atoms with Gasteiger partial charge in [-0.2, -0.15) is 0 Å². The van der Waals surface area contributed by atoms with Crippen molar-refractivity contribution in [2.24, 2.45) is 5.92 Å². The molecular formula is C13H20N2O3. The van der Waals surface area contributed by atoms with Gasteiger partial charge in [-0.15, -0.1) is 0 Å². The van der Waals surface area contributed by atoms with Crippen LogP contribution in [0.2, 0.25) is 0 Å². The second-order valence-corrected chi connectivity index (χ2v) is 4.56. The topological polar surface area (TPSA) is 71.9 Å². The van der Waals surface area contributed by atoms with E-state index >= 15 is 0 Å². The summed E-state index contributed by atoms with van der Waals surface area (Å²) in [5, 5.41) is 0. The first-order chi connectivity index (χ1) is 8.43. The van der Waals surface area contributed by atoms with E-state index in [-0.39, 0.29) is 23.3 Å². The number of carbonyl (C=O) groups excluding carboxylic acids is 1. The van der Waals surface area contributed by atoms with E-state index in [2.05, 4.69) is 4.98 Å². The molecule has 0 amide bonds. The first kappa shape index (κ1) is 14.4. The van der Waals surface area contributed by atoms with E-state index in [0.29, 0.717) is 0 Å². The molecule has 0 aliphatic heterocycles. The summed E-state index contributed by atoms with van der Waals surface area (Å²) in [6.07, 6.45) is 2.96. The minimum atomic E-state index is -0.495. The van der Waals surface area contributed by atoms with Crippen molar-refractivity contribution in [2.45, 2.75) is 46.6 Å². The monoisotopic (exact) mass is 252 g/mol. The Kier molecular flexibility index (Phi) is 4.64. The molecule has 0 aliphatic carbocycles. The lowest BCUT2D eigenvalue weighted by molar-refractivity contribution is 0.101. The Morgan fingerprint density at radius 3 is 2.33 bits per heavy atom. The number of H-pyrrole nitrogens is 1. The molecule has 1 heterocycles. The van der Waals surface area contributed by atoms with Crippen LogP contribution < -0.4 is 11.2 Å². The maximum atomic E-state index is 12.1. The second-order valence-electron chi connectivity index (χ2n) is 4.56. The molecule has 0 bridgehead atoms. The Morgan fingerprint density at radius 2 is 1.89 bits per heavy atom. The molecule has 18 heavy (non-hydrogen) atoms. The number of carbonyl (C=O) groups is 1. The number of aromatic nitrogens is 2. The van der Waals surface area contributed by atoms with Gasteiger partial charge in [0.25, 0.3) is 5.56 Å². The fraction of sp³-hybridized carbons (Fsp3) is 0.615. The molecule has 1 aromatic rings. The van der Waals surface area contributed by atoms with Gasteiger partial charge in [0.1, 0.15) is 0 Å². The lowest BCUT2D eigenvalue weighted by Crippen LogP contribution is -2.41. The lowest BCUT2D eigenvalue weighted by Gasteiger charge is -2.22. The molecule has 1 unspecified atom stereocenters. The average Bonchev–Trinajstić information content (AvgIpc) is 2.30. The van der Waals surface area contributed by atoms with Crippen LogP contribution in [0.5, 0.6) is 0 Å². The average molecular weight is 252 g/mol. The summed E-state index contributed by atoms with van der Waals surface area (Å²) < 4.78 is 1.16. The van der Waals surface area contributed by atoms with Crippen molar-refractivity contribution in [3.8, 4) is 0 Å². The zero-order valence-corrected chi connectivity index (χ0v) is 11.3. The summed E-state index contributed by atoms with van der Waals surface area (Å²) >= 11 is 0. The predicted molar refractivity (Wildman–Crippen MR) is 70.1 cm³/mol. The molecular weight excluding hydrogens is 232 g/mol. The molecule has 1 atom stereocenters. The molecule has 5 heteroatoms. The number of ketones is 1. The zero-order chi connectivity index (χ0) is 13.9. The van der Waals surface area contributed by atoms with Crippen LogP contribution in [0.3, 0.4) is 0 Å². The highest BCUT2D eigenvalue weighted by molar-refractivity contribution is 5.93. The van der Waals surface area contributed by atoms with Crippen LogP contribution in [0.15, 0.2) is 15.8 Å². The van der Waals surface area contributed by atoms with E-state index in [9.17, 15) is 14.4 Å². The number of rotatable bonds is 5. The van der Waals surface area contributed by atoms with Crippen LogP contribution in [0.4, 0.5) is 0 Å². The van der Waals surface area contributed by atoms with E-state index in [1.165, 1.54) is 13.1 Å². The van der Waals surface area contributed by atoms with Gasteiger partial charge in [0.2, 0.25) is 0 Å². The first-order valence-corrected chi connectivity index (χ1v) is 6.29. The highest BCUT2D eigenvalue weighted by atomic mass is 16.2. The highest BCUT2D eigenvalue weighted by Gasteiger charge is 2.21. The van der Waals surface area contributed by atoms with E-state index in [1.807, 2.05) is 20.8 Å². The van der Waals surface area contributed by atoms with Gasteiger partial charge in [-0.25, -0.2) is 4.79 Å². The molecule has 0 radical (unpaired) electrons. The summed E-state index contributed by atoms with van der Waals surface area (Å²) in [5.74, 6) is -0.0900. The van der Waals surface area contributed by atoms with Crippen LogP contribution in [-0.2, 0) is 0 Å². The smallest absolute Gasteiger partial charge is 0.313 e. The Morgan fingerprint density at radius 1 is 1.33 bits per heavy atom. The van der Waals surface area contributed by atoms with Crippen molar-refractivity contribution < 1.29 is 4.79 Å². The Hall–Kier alpha value is -1.65. The largest absolute Gasteiger partial charge is 0.328 e. The van der Waals surface area contributed by atoms with Gasteiger partial charge in [0, 0.05) is 12.2 Å². The fourth-order valence-corrected chi connectivity index (χ4v) is 2.29. The highest BCUT2D eigenvalue weighted by Crippen LogP contribution is 2.21. The molecule has 0 spiro atoms. The first-order valence-electron chi connectivity index (χ1n) is 6.29. The van der Waals surface area contributed by atoms with E-state index in [0.717, 1.165) is 17.4 Å². The van der Waals surface area contributed by atoms with Crippen molar-refractivity contribution in [1.82, 2.24) is 9.55 Å². The van der Waals surface area contributed by atoms with Crippen LogP contribution >= 0.6 is 0 Å².